The van der Waals surface area contributed by atoms with Gasteiger partial charge in [-0.05, 0) is 51.0 Å². The number of hydrogen-bond acceptors (Lipinski definition) is 3. The molecular weight excluding hydrogens is 460 g/mol. The minimum Gasteiger partial charge on any atom is -0.482 e. The summed E-state index contributed by atoms with van der Waals surface area (Å²) < 4.78 is 5.77. The molecule has 184 valence electrons. The minimum atomic E-state index is -0.723. The number of nitrogens with one attached hydrogen (secondary N) is 1. The van der Waals surface area contributed by atoms with Crippen molar-refractivity contribution in [2.24, 2.45) is 0 Å². The van der Waals surface area contributed by atoms with E-state index in [9.17, 15) is 9.59 Å². The van der Waals surface area contributed by atoms with E-state index in [0.717, 1.165) is 16.7 Å². The van der Waals surface area contributed by atoms with Gasteiger partial charge in [0.15, 0.2) is 6.61 Å². The molecule has 5 nitrogen and oxygen atoms in total. The molecule has 3 aromatic carbocycles. The van der Waals surface area contributed by atoms with Gasteiger partial charge in [-0.15, -0.1) is 0 Å². The maximum absolute atomic E-state index is 13.6. The predicted octanol–water partition coefficient (Wildman–Crippen LogP) is 5.58. The van der Waals surface area contributed by atoms with Crippen LogP contribution in [0.4, 0.5) is 0 Å². The standard InChI is InChI=1S/C29H33ClN2O3/c1-21-11-10-14-23(17-21)19-32(27(33)20-35-26-16-9-8-15-24(26)30)25(28(34)31-29(2,3)4)18-22-12-6-5-7-13-22/h5-17,25H,18-20H2,1-4H3,(H,31,34)/t25-/m1/s1. The summed E-state index contributed by atoms with van der Waals surface area (Å²) >= 11 is 6.21. The van der Waals surface area contributed by atoms with Crippen molar-refractivity contribution in [2.45, 2.75) is 52.2 Å². The lowest BCUT2D eigenvalue weighted by atomic mass is 10.0. The van der Waals surface area contributed by atoms with Crippen LogP contribution in [0.1, 0.15) is 37.5 Å². The first kappa shape index (κ1) is 26.3. The predicted molar refractivity (Wildman–Crippen MR) is 141 cm³/mol. The number of halogens is 1. The number of hydrogen-bond donors (Lipinski definition) is 1. The molecule has 0 aliphatic carbocycles. The fourth-order valence-electron chi connectivity index (χ4n) is 3.80. The van der Waals surface area contributed by atoms with Gasteiger partial charge in [-0.1, -0.05) is 83.9 Å². The topological polar surface area (TPSA) is 58.6 Å². The Kier molecular flexibility index (Phi) is 8.94. The zero-order valence-corrected chi connectivity index (χ0v) is 21.5. The van der Waals surface area contributed by atoms with Crippen molar-refractivity contribution >= 4 is 23.4 Å². The van der Waals surface area contributed by atoms with Gasteiger partial charge in [0.05, 0.1) is 5.02 Å². The van der Waals surface area contributed by atoms with Crippen LogP contribution < -0.4 is 10.1 Å². The lowest BCUT2D eigenvalue weighted by Crippen LogP contribution is -2.55. The molecule has 1 N–H and O–H groups in total. The molecule has 0 aromatic heterocycles. The molecule has 0 aliphatic heterocycles. The number of rotatable bonds is 9. The van der Waals surface area contributed by atoms with E-state index in [2.05, 4.69) is 5.32 Å². The van der Waals surface area contributed by atoms with E-state index in [0.29, 0.717) is 17.2 Å². The van der Waals surface area contributed by atoms with Crippen LogP contribution in [0.2, 0.25) is 5.02 Å². The molecule has 6 heteroatoms. The molecule has 0 saturated heterocycles. The van der Waals surface area contributed by atoms with Crippen LogP contribution in [-0.4, -0.2) is 34.9 Å². The Morgan fingerprint density at radius 2 is 1.60 bits per heavy atom. The summed E-state index contributed by atoms with van der Waals surface area (Å²) in [6.45, 7) is 7.84. The van der Waals surface area contributed by atoms with Crippen LogP contribution >= 0.6 is 11.6 Å². The number of ether oxygens (including phenoxy) is 1. The van der Waals surface area contributed by atoms with Gasteiger partial charge in [-0.2, -0.15) is 0 Å². The van der Waals surface area contributed by atoms with Crippen LogP contribution in [0.5, 0.6) is 5.75 Å². The van der Waals surface area contributed by atoms with Crippen molar-refractivity contribution in [2.75, 3.05) is 6.61 Å². The minimum absolute atomic E-state index is 0.208. The van der Waals surface area contributed by atoms with Crippen LogP contribution in [-0.2, 0) is 22.6 Å². The Labute approximate surface area is 213 Å². The van der Waals surface area contributed by atoms with E-state index in [4.69, 9.17) is 16.3 Å². The molecule has 35 heavy (non-hydrogen) atoms. The van der Waals surface area contributed by atoms with E-state index in [-0.39, 0.29) is 25.0 Å². The molecule has 3 aromatic rings. The van der Waals surface area contributed by atoms with Crippen LogP contribution in [0, 0.1) is 6.92 Å². The molecule has 0 unspecified atom stereocenters. The summed E-state index contributed by atoms with van der Waals surface area (Å²) in [4.78, 5) is 28.7. The number of amides is 2. The first-order valence-corrected chi connectivity index (χ1v) is 12.1. The van der Waals surface area contributed by atoms with Gasteiger partial charge in [0.25, 0.3) is 5.91 Å². The maximum atomic E-state index is 13.6. The van der Waals surface area contributed by atoms with Crippen molar-refractivity contribution in [3.8, 4) is 5.75 Å². The Morgan fingerprint density at radius 1 is 0.943 bits per heavy atom. The summed E-state index contributed by atoms with van der Waals surface area (Å²) in [5.41, 5.74) is 2.55. The normalized spacial score (nSPS) is 12.0. The summed E-state index contributed by atoms with van der Waals surface area (Å²) in [5, 5.41) is 3.49. The van der Waals surface area contributed by atoms with Gasteiger partial charge in [0.2, 0.25) is 5.91 Å². The SMILES string of the molecule is Cc1cccc(CN(C(=O)COc2ccccc2Cl)[C@H](Cc2ccccc2)C(=O)NC(C)(C)C)c1. The molecule has 0 aliphatic rings. The summed E-state index contributed by atoms with van der Waals surface area (Å²) in [6.07, 6.45) is 0.381. The Balaban J connectivity index is 1.94. The van der Waals surface area contributed by atoms with E-state index in [1.165, 1.54) is 0 Å². The van der Waals surface area contributed by atoms with Gasteiger partial charge < -0.3 is 15.0 Å². The molecule has 0 bridgehead atoms. The van der Waals surface area contributed by atoms with Crippen molar-refractivity contribution in [3.63, 3.8) is 0 Å². The third kappa shape index (κ3) is 8.15. The molecule has 1 atom stereocenters. The first-order chi connectivity index (χ1) is 16.6. The Hall–Kier alpha value is -3.31. The smallest absolute Gasteiger partial charge is 0.261 e. The highest BCUT2D eigenvalue weighted by atomic mass is 35.5. The number of aryl methyl sites for hydroxylation is 1. The van der Waals surface area contributed by atoms with Gasteiger partial charge in [-0.25, -0.2) is 0 Å². The number of para-hydroxylation sites is 1. The second-order valence-corrected chi connectivity index (χ2v) is 10.1. The number of nitrogens with zero attached hydrogens (tertiary/aromatic N) is 1. The van der Waals surface area contributed by atoms with Crippen LogP contribution in [0.25, 0.3) is 0 Å². The fraction of sp³-hybridized carbons (Fsp3) is 0.310. The van der Waals surface area contributed by atoms with Gasteiger partial charge in [0.1, 0.15) is 11.8 Å². The lowest BCUT2D eigenvalue weighted by molar-refractivity contribution is -0.143. The molecule has 0 saturated carbocycles. The number of benzene rings is 3. The second kappa shape index (κ2) is 11.9. The average Bonchev–Trinajstić information content (AvgIpc) is 2.80. The number of carbonyl (C=O) groups excluding carboxylic acids is 2. The highest BCUT2D eigenvalue weighted by molar-refractivity contribution is 6.32. The summed E-state index contributed by atoms with van der Waals surface area (Å²) in [5.74, 6) is -0.0757. The Morgan fingerprint density at radius 3 is 2.26 bits per heavy atom. The highest BCUT2D eigenvalue weighted by Crippen LogP contribution is 2.24. The van der Waals surface area contributed by atoms with E-state index in [1.807, 2.05) is 82.3 Å². The van der Waals surface area contributed by atoms with Gasteiger partial charge >= 0.3 is 0 Å². The summed E-state index contributed by atoms with van der Waals surface area (Å²) in [6, 6.07) is 24.0. The third-order valence-corrected chi connectivity index (χ3v) is 5.70. The van der Waals surface area contributed by atoms with Crippen molar-refractivity contribution < 1.29 is 14.3 Å². The maximum Gasteiger partial charge on any atom is 0.261 e. The van der Waals surface area contributed by atoms with E-state index >= 15 is 0 Å². The monoisotopic (exact) mass is 492 g/mol. The van der Waals surface area contributed by atoms with Gasteiger partial charge in [0, 0.05) is 18.5 Å². The average molecular weight is 493 g/mol. The zero-order valence-electron chi connectivity index (χ0n) is 20.8. The van der Waals surface area contributed by atoms with Crippen LogP contribution in [0.3, 0.4) is 0 Å². The highest BCUT2D eigenvalue weighted by Gasteiger charge is 2.32. The second-order valence-electron chi connectivity index (χ2n) is 9.67. The summed E-state index contributed by atoms with van der Waals surface area (Å²) in [7, 11) is 0. The van der Waals surface area contributed by atoms with Crippen molar-refractivity contribution in [1.82, 2.24) is 10.2 Å². The van der Waals surface area contributed by atoms with Crippen molar-refractivity contribution in [3.05, 3.63) is 101 Å². The molecule has 0 fully saturated rings. The molecule has 0 spiro atoms. The van der Waals surface area contributed by atoms with Gasteiger partial charge in [-0.3, -0.25) is 9.59 Å². The van der Waals surface area contributed by atoms with E-state index < -0.39 is 11.6 Å². The zero-order chi connectivity index (χ0) is 25.4. The number of carbonyl (C=O) groups is 2. The third-order valence-electron chi connectivity index (χ3n) is 5.39. The van der Waals surface area contributed by atoms with Crippen molar-refractivity contribution in [1.29, 1.82) is 0 Å². The molecular formula is C29H33ClN2O3. The lowest BCUT2D eigenvalue weighted by Gasteiger charge is -2.33. The quantitative estimate of drug-likeness (QED) is 0.424. The van der Waals surface area contributed by atoms with E-state index in [1.54, 1.807) is 29.2 Å². The molecule has 0 heterocycles. The first-order valence-electron chi connectivity index (χ1n) is 11.7. The molecule has 0 radical (unpaired) electrons. The molecule has 2 amide bonds. The Bertz CT molecular complexity index is 1140. The fourth-order valence-corrected chi connectivity index (χ4v) is 3.99. The molecule has 3 rings (SSSR count). The largest absolute Gasteiger partial charge is 0.482 e. The van der Waals surface area contributed by atoms with Crippen LogP contribution in [0.15, 0.2) is 78.9 Å².